The Hall–Kier alpha value is -0.570. The molecule has 0 aromatic heterocycles. The van der Waals surface area contributed by atoms with Crippen LogP contribution < -0.4 is 5.32 Å². The largest absolute Gasteiger partial charge is 0.480 e. The first kappa shape index (κ1) is 10.5. The Morgan fingerprint density at radius 3 is 2.46 bits per heavy atom. The Kier molecular flexibility index (Phi) is 3.31. The lowest BCUT2D eigenvalue weighted by Gasteiger charge is -2.28. The number of aliphatic carboxylic acids is 1. The minimum absolute atomic E-state index is 0.418. The third-order valence-corrected chi connectivity index (χ3v) is 3.06. The van der Waals surface area contributed by atoms with E-state index in [9.17, 15) is 4.79 Å². The van der Waals surface area contributed by atoms with Crippen molar-refractivity contribution in [2.24, 2.45) is 0 Å². The Bertz CT molecular complexity index is 187. The maximum absolute atomic E-state index is 11.0. The Labute approximate surface area is 79.5 Å². The molecule has 0 bridgehead atoms. The number of carboxylic acid groups (broad SMARTS) is 1. The smallest absolute Gasteiger partial charge is 0.323 e. The maximum Gasteiger partial charge on any atom is 0.323 e. The third-order valence-electron chi connectivity index (χ3n) is 3.06. The second kappa shape index (κ2) is 4.09. The van der Waals surface area contributed by atoms with Crippen LogP contribution in [0.5, 0.6) is 0 Å². The summed E-state index contributed by atoms with van der Waals surface area (Å²) in [6.07, 6.45) is 5.36. The van der Waals surface area contributed by atoms with E-state index in [0.29, 0.717) is 12.5 Å². The van der Waals surface area contributed by atoms with Crippen LogP contribution in [0, 0.1) is 0 Å². The summed E-state index contributed by atoms with van der Waals surface area (Å²) in [4.78, 5) is 11.0. The van der Waals surface area contributed by atoms with Crippen molar-refractivity contribution in [1.82, 2.24) is 5.32 Å². The van der Waals surface area contributed by atoms with Crippen LogP contribution in [-0.2, 0) is 4.79 Å². The van der Waals surface area contributed by atoms with Crippen LogP contribution in [-0.4, -0.2) is 22.7 Å². The Morgan fingerprint density at radius 1 is 1.54 bits per heavy atom. The molecule has 76 valence electrons. The fourth-order valence-electron chi connectivity index (χ4n) is 1.84. The van der Waals surface area contributed by atoms with E-state index in [2.05, 4.69) is 5.32 Å². The molecule has 0 aromatic rings. The van der Waals surface area contributed by atoms with Gasteiger partial charge in [0, 0.05) is 6.04 Å². The van der Waals surface area contributed by atoms with E-state index in [1.54, 1.807) is 6.92 Å². The summed E-state index contributed by atoms with van der Waals surface area (Å²) in [5.74, 6) is -0.734. The van der Waals surface area contributed by atoms with Gasteiger partial charge in [0.05, 0.1) is 0 Å². The molecule has 0 spiro atoms. The third kappa shape index (κ3) is 2.44. The predicted molar refractivity (Wildman–Crippen MR) is 51.7 cm³/mol. The van der Waals surface area contributed by atoms with Crippen LogP contribution in [0.25, 0.3) is 0 Å². The number of carbonyl (C=O) groups is 1. The summed E-state index contributed by atoms with van der Waals surface area (Å²) < 4.78 is 0. The summed E-state index contributed by atoms with van der Waals surface area (Å²) >= 11 is 0. The molecular formula is C10H19NO2. The number of nitrogens with one attached hydrogen (secondary N) is 1. The maximum atomic E-state index is 11.0. The molecule has 3 heteroatoms. The van der Waals surface area contributed by atoms with E-state index in [0.717, 1.165) is 12.8 Å². The van der Waals surface area contributed by atoms with Crippen molar-refractivity contribution in [3.8, 4) is 0 Å². The SMILES string of the molecule is CC[C@@](C)(NC1CCCC1)C(=O)O. The molecule has 1 atom stereocenters. The van der Waals surface area contributed by atoms with Crippen LogP contribution in [0.15, 0.2) is 0 Å². The molecular weight excluding hydrogens is 166 g/mol. The van der Waals surface area contributed by atoms with Crippen LogP contribution in [0.4, 0.5) is 0 Å². The van der Waals surface area contributed by atoms with Crippen molar-refractivity contribution >= 4 is 5.97 Å². The highest BCUT2D eigenvalue weighted by molar-refractivity contribution is 5.78. The average Bonchev–Trinajstić information content (AvgIpc) is 2.56. The molecule has 0 heterocycles. The molecule has 1 saturated carbocycles. The number of hydrogen-bond donors (Lipinski definition) is 2. The molecule has 0 saturated heterocycles. The topological polar surface area (TPSA) is 49.3 Å². The van der Waals surface area contributed by atoms with Crippen LogP contribution in [0.3, 0.4) is 0 Å². The lowest BCUT2D eigenvalue weighted by Crippen LogP contribution is -2.52. The normalized spacial score (nSPS) is 22.9. The van der Waals surface area contributed by atoms with E-state index in [-0.39, 0.29) is 0 Å². The van der Waals surface area contributed by atoms with E-state index in [1.807, 2.05) is 6.92 Å². The Balaban J connectivity index is 2.51. The molecule has 3 nitrogen and oxygen atoms in total. The van der Waals surface area contributed by atoms with Gasteiger partial charge < -0.3 is 5.11 Å². The first-order valence-corrected chi connectivity index (χ1v) is 5.09. The molecule has 0 radical (unpaired) electrons. The van der Waals surface area contributed by atoms with Crippen LogP contribution in [0.2, 0.25) is 0 Å². The van der Waals surface area contributed by atoms with Crippen molar-refractivity contribution < 1.29 is 9.90 Å². The quantitative estimate of drug-likeness (QED) is 0.701. The van der Waals surface area contributed by atoms with Gasteiger partial charge >= 0.3 is 5.97 Å². The summed E-state index contributed by atoms with van der Waals surface area (Å²) in [6, 6.07) is 0.418. The van der Waals surface area contributed by atoms with Crippen molar-refractivity contribution in [3.05, 3.63) is 0 Å². The van der Waals surface area contributed by atoms with E-state index in [4.69, 9.17) is 5.11 Å². The lowest BCUT2D eigenvalue weighted by atomic mass is 9.97. The summed E-state index contributed by atoms with van der Waals surface area (Å²) in [5.41, 5.74) is -0.727. The minimum Gasteiger partial charge on any atom is -0.480 e. The first-order chi connectivity index (χ1) is 6.08. The second-order valence-corrected chi connectivity index (χ2v) is 4.12. The lowest BCUT2D eigenvalue weighted by molar-refractivity contribution is -0.144. The van der Waals surface area contributed by atoms with Gasteiger partial charge in [-0.05, 0) is 26.2 Å². The standard InChI is InChI=1S/C10H19NO2/c1-3-10(2,9(12)13)11-8-6-4-5-7-8/h8,11H,3-7H2,1-2H3,(H,12,13)/t10-/m1/s1. The van der Waals surface area contributed by atoms with Gasteiger partial charge in [-0.3, -0.25) is 10.1 Å². The van der Waals surface area contributed by atoms with Gasteiger partial charge in [-0.1, -0.05) is 19.8 Å². The molecule has 1 fully saturated rings. The molecule has 1 rings (SSSR count). The van der Waals surface area contributed by atoms with E-state index in [1.165, 1.54) is 12.8 Å². The molecule has 0 aromatic carbocycles. The van der Waals surface area contributed by atoms with Crippen molar-refractivity contribution in [1.29, 1.82) is 0 Å². The van der Waals surface area contributed by atoms with E-state index < -0.39 is 11.5 Å². The highest BCUT2D eigenvalue weighted by atomic mass is 16.4. The molecule has 13 heavy (non-hydrogen) atoms. The molecule has 2 N–H and O–H groups in total. The summed E-state index contributed by atoms with van der Waals surface area (Å²) in [5, 5.41) is 12.3. The molecule has 1 aliphatic carbocycles. The molecule has 1 aliphatic rings. The fraction of sp³-hybridized carbons (Fsp3) is 0.900. The zero-order chi connectivity index (χ0) is 9.90. The number of rotatable bonds is 4. The van der Waals surface area contributed by atoms with Gasteiger partial charge in [-0.25, -0.2) is 0 Å². The molecule has 0 aliphatic heterocycles. The van der Waals surface area contributed by atoms with Crippen molar-refractivity contribution in [2.75, 3.05) is 0 Å². The molecule has 0 amide bonds. The first-order valence-electron chi connectivity index (χ1n) is 5.09. The average molecular weight is 185 g/mol. The fourth-order valence-corrected chi connectivity index (χ4v) is 1.84. The number of carboxylic acids is 1. The zero-order valence-corrected chi connectivity index (χ0v) is 8.47. The van der Waals surface area contributed by atoms with Crippen molar-refractivity contribution in [2.45, 2.75) is 57.5 Å². The van der Waals surface area contributed by atoms with Gasteiger partial charge in [0.25, 0.3) is 0 Å². The summed E-state index contributed by atoms with van der Waals surface area (Å²) in [7, 11) is 0. The van der Waals surface area contributed by atoms with E-state index >= 15 is 0 Å². The van der Waals surface area contributed by atoms with Gasteiger partial charge in [0.15, 0.2) is 0 Å². The highest BCUT2D eigenvalue weighted by Crippen LogP contribution is 2.21. The predicted octanol–water partition coefficient (Wildman–Crippen LogP) is 1.77. The zero-order valence-electron chi connectivity index (χ0n) is 8.47. The van der Waals surface area contributed by atoms with Gasteiger partial charge in [0.1, 0.15) is 5.54 Å². The van der Waals surface area contributed by atoms with Crippen LogP contribution in [0.1, 0.15) is 46.0 Å². The second-order valence-electron chi connectivity index (χ2n) is 4.12. The Morgan fingerprint density at radius 2 is 2.08 bits per heavy atom. The van der Waals surface area contributed by atoms with Crippen LogP contribution >= 0.6 is 0 Å². The summed E-state index contributed by atoms with van der Waals surface area (Å²) in [6.45, 7) is 3.68. The van der Waals surface area contributed by atoms with Gasteiger partial charge in [-0.2, -0.15) is 0 Å². The monoisotopic (exact) mass is 185 g/mol. The van der Waals surface area contributed by atoms with Crippen molar-refractivity contribution in [3.63, 3.8) is 0 Å². The van der Waals surface area contributed by atoms with Gasteiger partial charge in [-0.15, -0.1) is 0 Å². The highest BCUT2D eigenvalue weighted by Gasteiger charge is 2.33. The molecule has 0 unspecified atom stereocenters. The van der Waals surface area contributed by atoms with Gasteiger partial charge in [0.2, 0.25) is 0 Å². The number of hydrogen-bond acceptors (Lipinski definition) is 2. The minimum atomic E-state index is -0.734.